The standard InChI is InChI=1S/C17H10Cl4N2O2/c1-8-4-9(18)2-3-13(8)23-16(24)14(21)15(17(23)25)22-12-6-10(19)5-11(20)7-12/h2-7,22H,1H3. The second kappa shape index (κ2) is 6.89. The van der Waals surface area contributed by atoms with E-state index in [1.807, 2.05) is 0 Å². The third kappa shape index (κ3) is 3.48. The summed E-state index contributed by atoms with van der Waals surface area (Å²) in [6.07, 6.45) is 0. The number of nitrogens with one attached hydrogen (secondary N) is 1. The Balaban J connectivity index is 1.96. The van der Waals surface area contributed by atoms with E-state index in [1.165, 1.54) is 0 Å². The van der Waals surface area contributed by atoms with Gasteiger partial charge >= 0.3 is 0 Å². The first kappa shape index (κ1) is 18.1. The molecular formula is C17H10Cl4N2O2. The molecule has 1 aliphatic heterocycles. The average Bonchev–Trinajstić information content (AvgIpc) is 2.71. The predicted octanol–water partition coefficient (Wildman–Crippen LogP) is 5.39. The summed E-state index contributed by atoms with van der Waals surface area (Å²) in [5, 5.41) is 3.88. The van der Waals surface area contributed by atoms with Gasteiger partial charge in [0.05, 0.1) is 5.69 Å². The maximum Gasteiger partial charge on any atom is 0.283 e. The summed E-state index contributed by atoms with van der Waals surface area (Å²) in [5.74, 6) is -1.19. The summed E-state index contributed by atoms with van der Waals surface area (Å²) in [7, 11) is 0. The lowest BCUT2D eigenvalue weighted by atomic mass is 10.2. The summed E-state index contributed by atoms with van der Waals surface area (Å²) in [5.41, 5.74) is 1.49. The molecule has 2 amide bonds. The number of halogens is 4. The highest BCUT2D eigenvalue weighted by molar-refractivity contribution is 6.53. The minimum atomic E-state index is -0.618. The zero-order valence-corrected chi connectivity index (χ0v) is 15.8. The normalized spacial score (nSPS) is 14.5. The first-order valence-corrected chi connectivity index (χ1v) is 8.57. The molecule has 0 saturated heterocycles. The van der Waals surface area contributed by atoms with Gasteiger partial charge in [0.2, 0.25) is 0 Å². The van der Waals surface area contributed by atoms with E-state index >= 15 is 0 Å². The smallest absolute Gasteiger partial charge is 0.283 e. The molecule has 0 saturated carbocycles. The molecule has 0 aromatic heterocycles. The van der Waals surface area contributed by atoms with Gasteiger partial charge in [0.15, 0.2) is 0 Å². The molecule has 1 heterocycles. The molecule has 128 valence electrons. The molecule has 0 fully saturated rings. The number of imide groups is 1. The van der Waals surface area contributed by atoms with Crippen LogP contribution in [0.4, 0.5) is 11.4 Å². The fraction of sp³-hybridized carbons (Fsp3) is 0.0588. The number of carbonyl (C=O) groups excluding carboxylic acids is 2. The molecule has 2 aromatic carbocycles. The number of aryl methyl sites for hydroxylation is 1. The Morgan fingerprint density at radius 2 is 1.48 bits per heavy atom. The fourth-order valence-corrected chi connectivity index (χ4v) is 3.44. The van der Waals surface area contributed by atoms with Crippen molar-refractivity contribution in [1.82, 2.24) is 0 Å². The van der Waals surface area contributed by atoms with Crippen molar-refractivity contribution in [3.05, 3.63) is 67.8 Å². The second-order valence-electron chi connectivity index (χ2n) is 5.35. The third-order valence-corrected chi connectivity index (χ3v) is 4.58. The number of hydrogen-bond donors (Lipinski definition) is 1. The average molecular weight is 416 g/mol. The molecule has 1 aliphatic rings. The molecule has 0 bridgehead atoms. The van der Waals surface area contributed by atoms with E-state index in [2.05, 4.69) is 5.32 Å². The van der Waals surface area contributed by atoms with Gasteiger partial charge < -0.3 is 5.32 Å². The molecule has 2 aromatic rings. The van der Waals surface area contributed by atoms with Crippen LogP contribution in [0.2, 0.25) is 15.1 Å². The SMILES string of the molecule is Cc1cc(Cl)ccc1N1C(=O)C(Cl)=C(Nc2cc(Cl)cc(Cl)c2)C1=O. The van der Waals surface area contributed by atoms with Crippen molar-refractivity contribution in [3.63, 3.8) is 0 Å². The minimum Gasteiger partial charge on any atom is -0.350 e. The topological polar surface area (TPSA) is 49.4 Å². The predicted molar refractivity (Wildman–Crippen MR) is 102 cm³/mol. The number of amides is 2. The highest BCUT2D eigenvalue weighted by Crippen LogP contribution is 2.33. The van der Waals surface area contributed by atoms with Crippen LogP contribution in [-0.4, -0.2) is 11.8 Å². The monoisotopic (exact) mass is 414 g/mol. The molecule has 1 N–H and O–H groups in total. The maximum absolute atomic E-state index is 12.7. The molecule has 0 spiro atoms. The van der Waals surface area contributed by atoms with E-state index in [9.17, 15) is 9.59 Å². The van der Waals surface area contributed by atoms with Gasteiger partial charge in [0.1, 0.15) is 10.7 Å². The highest BCUT2D eigenvalue weighted by atomic mass is 35.5. The Bertz CT molecular complexity index is 920. The van der Waals surface area contributed by atoms with Gasteiger partial charge in [-0.25, -0.2) is 4.90 Å². The molecule has 0 radical (unpaired) electrons. The first-order valence-electron chi connectivity index (χ1n) is 7.06. The summed E-state index contributed by atoms with van der Waals surface area (Å²) in [6.45, 7) is 1.75. The Morgan fingerprint density at radius 3 is 2.08 bits per heavy atom. The van der Waals surface area contributed by atoms with Crippen molar-refractivity contribution in [2.75, 3.05) is 10.2 Å². The van der Waals surface area contributed by atoms with Crippen molar-refractivity contribution in [2.24, 2.45) is 0 Å². The molecule has 0 aliphatic carbocycles. The van der Waals surface area contributed by atoms with Crippen LogP contribution in [0.5, 0.6) is 0 Å². The summed E-state index contributed by atoms with van der Waals surface area (Å²) in [4.78, 5) is 26.2. The lowest BCUT2D eigenvalue weighted by molar-refractivity contribution is -0.120. The van der Waals surface area contributed by atoms with E-state index < -0.39 is 11.8 Å². The van der Waals surface area contributed by atoms with Crippen molar-refractivity contribution in [3.8, 4) is 0 Å². The van der Waals surface area contributed by atoms with Gasteiger partial charge in [-0.1, -0.05) is 46.4 Å². The Labute approximate surface area is 163 Å². The Hall–Kier alpha value is -1.72. The zero-order valence-electron chi connectivity index (χ0n) is 12.7. The summed E-state index contributed by atoms with van der Waals surface area (Å²) >= 11 is 23.9. The number of carbonyl (C=O) groups is 2. The minimum absolute atomic E-state index is 0.0423. The maximum atomic E-state index is 12.7. The van der Waals surface area contributed by atoms with Gasteiger partial charge in [-0.15, -0.1) is 0 Å². The summed E-state index contributed by atoms with van der Waals surface area (Å²) < 4.78 is 0. The first-order chi connectivity index (χ1) is 11.8. The van der Waals surface area contributed by atoms with E-state index in [4.69, 9.17) is 46.4 Å². The molecule has 0 unspecified atom stereocenters. The van der Waals surface area contributed by atoms with Crippen LogP contribution < -0.4 is 10.2 Å². The van der Waals surface area contributed by atoms with E-state index in [-0.39, 0.29) is 10.7 Å². The third-order valence-electron chi connectivity index (χ3n) is 3.56. The summed E-state index contributed by atoms with van der Waals surface area (Å²) in [6, 6.07) is 9.54. The van der Waals surface area contributed by atoms with Crippen molar-refractivity contribution in [1.29, 1.82) is 0 Å². The zero-order chi connectivity index (χ0) is 18.3. The van der Waals surface area contributed by atoms with Gasteiger partial charge in [-0.2, -0.15) is 0 Å². The Morgan fingerprint density at radius 1 is 0.840 bits per heavy atom. The lowest BCUT2D eigenvalue weighted by Crippen LogP contribution is -2.32. The fourth-order valence-electron chi connectivity index (χ4n) is 2.47. The molecule has 0 atom stereocenters. The number of benzene rings is 2. The van der Waals surface area contributed by atoms with E-state index in [1.54, 1.807) is 43.3 Å². The Kier molecular flexibility index (Phi) is 4.98. The number of nitrogens with zero attached hydrogens (tertiary/aromatic N) is 1. The van der Waals surface area contributed by atoms with Crippen molar-refractivity contribution in [2.45, 2.75) is 6.92 Å². The van der Waals surface area contributed by atoms with E-state index in [0.717, 1.165) is 4.90 Å². The van der Waals surface area contributed by atoms with Crippen LogP contribution in [0.25, 0.3) is 0 Å². The van der Waals surface area contributed by atoms with Crippen LogP contribution in [0.1, 0.15) is 5.56 Å². The van der Waals surface area contributed by atoms with Gasteiger partial charge in [0, 0.05) is 20.8 Å². The van der Waals surface area contributed by atoms with Crippen molar-refractivity contribution < 1.29 is 9.59 Å². The van der Waals surface area contributed by atoms with Crippen LogP contribution in [-0.2, 0) is 9.59 Å². The second-order valence-corrected chi connectivity index (χ2v) is 7.04. The number of anilines is 2. The van der Waals surface area contributed by atoms with Crippen LogP contribution in [0.15, 0.2) is 47.1 Å². The van der Waals surface area contributed by atoms with Crippen LogP contribution in [0.3, 0.4) is 0 Å². The number of hydrogen-bond acceptors (Lipinski definition) is 3. The number of rotatable bonds is 3. The lowest BCUT2D eigenvalue weighted by Gasteiger charge is -2.17. The van der Waals surface area contributed by atoms with E-state index in [0.29, 0.717) is 32.0 Å². The molecule has 25 heavy (non-hydrogen) atoms. The van der Waals surface area contributed by atoms with Crippen molar-refractivity contribution >= 4 is 69.6 Å². The molecule has 3 rings (SSSR count). The molecule has 8 heteroatoms. The van der Waals surface area contributed by atoms with Crippen LogP contribution in [0, 0.1) is 6.92 Å². The van der Waals surface area contributed by atoms with Gasteiger partial charge in [0.25, 0.3) is 11.8 Å². The van der Waals surface area contributed by atoms with Crippen LogP contribution >= 0.6 is 46.4 Å². The van der Waals surface area contributed by atoms with Gasteiger partial charge in [-0.05, 0) is 48.9 Å². The highest BCUT2D eigenvalue weighted by Gasteiger charge is 2.39. The molecule has 4 nitrogen and oxygen atoms in total. The largest absolute Gasteiger partial charge is 0.350 e. The molecular weight excluding hydrogens is 406 g/mol. The van der Waals surface area contributed by atoms with Gasteiger partial charge in [-0.3, -0.25) is 9.59 Å². The quantitative estimate of drug-likeness (QED) is 0.683.